The third-order valence-corrected chi connectivity index (χ3v) is 1.07. The van der Waals surface area contributed by atoms with E-state index in [-0.39, 0.29) is 5.78 Å². The van der Waals surface area contributed by atoms with E-state index in [0.29, 0.717) is 0 Å². The highest BCUT2D eigenvalue weighted by Gasteiger charge is 2.16. The van der Waals surface area contributed by atoms with Crippen molar-refractivity contribution < 1.29 is 9.90 Å². The maximum Gasteiger partial charge on any atom is 0.156 e. The SMILES string of the molecule is C=N[C@H](C(C)=O)[C@@H](C)O. The predicted octanol–water partition coefficient (Wildman–Crippen LogP) is 0.0254. The largest absolute Gasteiger partial charge is 0.391 e. The molecule has 0 saturated heterocycles. The highest BCUT2D eigenvalue weighted by molar-refractivity contribution is 5.82. The Kier molecular flexibility index (Phi) is 3.09. The fourth-order valence-electron chi connectivity index (χ4n) is 0.621. The van der Waals surface area contributed by atoms with Crippen LogP contribution in [0.2, 0.25) is 0 Å². The highest BCUT2D eigenvalue weighted by atomic mass is 16.3. The lowest BCUT2D eigenvalue weighted by Gasteiger charge is -2.09. The zero-order chi connectivity index (χ0) is 7.44. The molecule has 52 valence electrons. The molecule has 9 heavy (non-hydrogen) atoms. The van der Waals surface area contributed by atoms with Crippen LogP contribution in [-0.2, 0) is 4.79 Å². The molecule has 2 atom stereocenters. The Bertz CT molecular complexity index is 120. The molecule has 3 heteroatoms. The van der Waals surface area contributed by atoms with Crippen molar-refractivity contribution in [3.8, 4) is 0 Å². The standard InChI is InChI=1S/C6H11NO2/c1-4(8)6(7-3)5(2)9/h4,6,8H,3H2,1-2H3/t4-,6+/m1/s1. The molecular weight excluding hydrogens is 118 g/mol. The summed E-state index contributed by atoms with van der Waals surface area (Å²) in [5.74, 6) is -0.153. The lowest BCUT2D eigenvalue weighted by atomic mass is 10.1. The van der Waals surface area contributed by atoms with E-state index in [2.05, 4.69) is 11.7 Å². The predicted molar refractivity (Wildman–Crippen MR) is 35.7 cm³/mol. The van der Waals surface area contributed by atoms with Gasteiger partial charge in [0, 0.05) is 0 Å². The van der Waals surface area contributed by atoms with E-state index in [9.17, 15) is 4.79 Å². The van der Waals surface area contributed by atoms with Crippen LogP contribution in [0, 0.1) is 0 Å². The van der Waals surface area contributed by atoms with Crippen molar-refractivity contribution in [2.75, 3.05) is 0 Å². The fraction of sp³-hybridized carbons (Fsp3) is 0.667. The number of Topliss-reactive ketones (excluding diaryl/α,β-unsaturated/α-hetero) is 1. The number of rotatable bonds is 3. The van der Waals surface area contributed by atoms with Crippen LogP contribution < -0.4 is 0 Å². The van der Waals surface area contributed by atoms with Crippen LogP contribution in [0.4, 0.5) is 0 Å². The minimum atomic E-state index is -0.722. The van der Waals surface area contributed by atoms with E-state index in [4.69, 9.17) is 5.11 Å². The van der Waals surface area contributed by atoms with Gasteiger partial charge < -0.3 is 5.11 Å². The molecule has 0 amide bonds. The van der Waals surface area contributed by atoms with Gasteiger partial charge in [0.05, 0.1) is 6.10 Å². The smallest absolute Gasteiger partial charge is 0.156 e. The van der Waals surface area contributed by atoms with Gasteiger partial charge in [0.25, 0.3) is 0 Å². The van der Waals surface area contributed by atoms with Gasteiger partial charge in [0.1, 0.15) is 6.04 Å². The van der Waals surface area contributed by atoms with E-state index < -0.39 is 12.1 Å². The number of hydrogen-bond acceptors (Lipinski definition) is 3. The first-order valence-corrected chi connectivity index (χ1v) is 2.74. The molecule has 0 aromatic rings. The lowest BCUT2D eigenvalue weighted by Crippen LogP contribution is -2.27. The first kappa shape index (κ1) is 8.30. The van der Waals surface area contributed by atoms with Crippen molar-refractivity contribution in [1.29, 1.82) is 0 Å². The molecule has 0 unspecified atom stereocenters. The molecule has 0 fully saturated rings. The van der Waals surface area contributed by atoms with Gasteiger partial charge in [-0.25, -0.2) is 0 Å². The monoisotopic (exact) mass is 129 g/mol. The number of aliphatic imine (C=N–C) groups is 1. The molecule has 0 radical (unpaired) electrons. The molecule has 0 rings (SSSR count). The summed E-state index contributed by atoms with van der Waals surface area (Å²) < 4.78 is 0. The van der Waals surface area contributed by atoms with Crippen molar-refractivity contribution in [3.63, 3.8) is 0 Å². The molecule has 0 spiro atoms. The summed E-state index contributed by atoms with van der Waals surface area (Å²) in [4.78, 5) is 14.0. The number of nitrogens with zero attached hydrogens (tertiary/aromatic N) is 1. The van der Waals surface area contributed by atoms with E-state index in [1.165, 1.54) is 13.8 Å². The first-order chi connectivity index (χ1) is 4.09. The van der Waals surface area contributed by atoms with E-state index in [1.807, 2.05) is 0 Å². The van der Waals surface area contributed by atoms with Gasteiger partial charge in [-0.05, 0) is 20.6 Å². The Morgan fingerprint density at radius 1 is 1.78 bits per heavy atom. The molecule has 0 aromatic heterocycles. The van der Waals surface area contributed by atoms with Crippen molar-refractivity contribution in [3.05, 3.63) is 0 Å². The molecule has 0 saturated carbocycles. The van der Waals surface area contributed by atoms with Gasteiger partial charge in [-0.15, -0.1) is 0 Å². The summed E-state index contributed by atoms with van der Waals surface area (Å²) in [6.45, 7) is 6.07. The third-order valence-electron chi connectivity index (χ3n) is 1.07. The van der Waals surface area contributed by atoms with Gasteiger partial charge in [-0.2, -0.15) is 0 Å². The maximum atomic E-state index is 10.5. The molecule has 0 bridgehead atoms. The minimum Gasteiger partial charge on any atom is -0.391 e. The first-order valence-electron chi connectivity index (χ1n) is 2.74. The number of carbonyl (C=O) groups excluding carboxylic acids is 1. The Morgan fingerprint density at radius 3 is 2.22 bits per heavy atom. The van der Waals surface area contributed by atoms with Crippen molar-refractivity contribution in [2.24, 2.45) is 4.99 Å². The third kappa shape index (κ3) is 2.37. The molecule has 0 aromatic carbocycles. The average molecular weight is 129 g/mol. The second-order valence-corrected chi connectivity index (χ2v) is 1.98. The van der Waals surface area contributed by atoms with Crippen LogP contribution in [0.5, 0.6) is 0 Å². The number of hydrogen-bond donors (Lipinski definition) is 1. The minimum absolute atomic E-state index is 0.153. The van der Waals surface area contributed by atoms with Gasteiger partial charge in [-0.3, -0.25) is 9.79 Å². The Balaban J connectivity index is 3.98. The van der Waals surface area contributed by atoms with Crippen LogP contribution >= 0.6 is 0 Å². The van der Waals surface area contributed by atoms with Gasteiger partial charge in [0.15, 0.2) is 5.78 Å². The zero-order valence-corrected chi connectivity index (χ0v) is 5.66. The molecule has 0 aliphatic rings. The van der Waals surface area contributed by atoms with Crippen LogP contribution in [0.1, 0.15) is 13.8 Å². The summed E-state index contributed by atoms with van der Waals surface area (Å²) in [5.41, 5.74) is 0. The summed E-state index contributed by atoms with van der Waals surface area (Å²) in [6, 6.07) is -0.648. The normalized spacial score (nSPS) is 16.3. The summed E-state index contributed by atoms with van der Waals surface area (Å²) >= 11 is 0. The van der Waals surface area contributed by atoms with Crippen molar-refractivity contribution in [2.45, 2.75) is 26.0 Å². The molecule has 0 aliphatic heterocycles. The second-order valence-electron chi connectivity index (χ2n) is 1.98. The number of aliphatic hydroxyl groups is 1. The molecule has 3 nitrogen and oxygen atoms in total. The quantitative estimate of drug-likeness (QED) is 0.546. The van der Waals surface area contributed by atoms with Crippen molar-refractivity contribution >= 4 is 12.5 Å². The lowest BCUT2D eigenvalue weighted by molar-refractivity contribution is -0.120. The van der Waals surface area contributed by atoms with E-state index in [1.54, 1.807) is 0 Å². The number of aliphatic hydroxyl groups excluding tert-OH is 1. The topological polar surface area (TPSA) is 49.7 Å². The zero-order valence-electron chi connectivity index (χ0n) is 5.66. The van der Waals surface area contributed by atoms with E-state index >= 15 is 0 Å². The Labute approximate surface area is 54.4 Å². The summed E-state index contributed by atoms with van der Waals surface area (Å²) in [5, 5.41) is 8.83. The molecular formula is C6H11NO2. The fourth-order valence-corrected chi connectivity index (χ4v) is 0.621. The van der Waals surface area contributed by atoms with Crippen LogP contribution in [0.3, 0.4) is 0 Å². The van der Waals surface area contributed by atoms with Gasteiger partial charge >= 0.3 is 0 Å². The number of carbonyl (C=O) groups is 1. The highest BCUT2D eigenvalue weighted by Crippen LogP contribution is 1.97. The van der Waals surface area contributed by atoms with Crippen LogP contribution in [0.25, 0.3) is 0 Å². The molecule has 0 heterocycles. The van der Waals surface area contributed by atoms with Crippen LogP contribution in [-0.4, -0.2) is 29.8 Å². The van der Waals surface area contributed by atoms with Gasteiger partial charge in [0.2, 0.25) is 0 Å². The Hall–Kier alpha value is -0.700. The van der Waals surface area contributed by atoms with Gasteiger partial charge in [-0.1, -0.05) is 0 Å². The average Bonchev–Trinajstić information content (AvgIpc) is 1.64. The van der Waals surface area contributed by atoms with E-state index in [0.717, 1.165) is 0 Å². The van der Waals surface area contributed by atoms with Crippen LogP contribution in [0.15, 0.2) is 4.99 Å². The molecule has 1 N–H and O–H groups in total. The summed E-state index contributed by atoms with van der Waals surface area (Å²) in [6.07, 6.45) is -0.722. The number of ketones is 1. The molecule has 0 aliphatic carbocycles. The Morgan fingerprint density at radius 2 is 2.22 bits per heavy atom. The van der Waals surface area contributed by atoms with Crippen molar-refractivity contribution in [1.82, 2.24) is 0 Å². The second kappa shape index (κ2) is 3.35. The summed E-state index contributed by atoms with van der Waals surface area (Å²) in [7, 11) is 0. The maximum absolute atomic E-state index is 10.5.